The zero-order chi connectivity index (χ0) is 9.45. The van der Waals surface area contributed by atoms with Crippen molar-refractivity contribution in [3.05, 3.63) is 0 Å². The van der Waals surface area contributed by atoms with Gasteiger partial charge in [-0.05, 0) is 44.9 Å². The number of unbranched alkanes of at least 4 members (excludes halogenated alkanes) is 1. The Morgan fingerprint density at radius 1 is 1.50 bits per heavy atom. The van der Waals surface area contributed by atoms with Crippen LogP contribution in [0.25, 0.3) is 0 Å². The van der Waals surface area contributed by atoms with E-state index < -0.39 is 0 Å². The molecule has 0 unspecified atom stereocenters. The number of nitrogens with zero attached hydrogens (tertiary/aromatic N) is 1. The fourth-order valence-corrected chi connectivity index (χ4v) is 1.52. The molecule has 0 spiro atoms. The molecule has 0 saturated carbocycles. The van der Waals surface area contributed by atoms with Gasteiger partial charge in [0.05, 0.1) is 0 Å². The van der Waals surface area contributed by atoms with Crippen molar-refractivity contribution >= 4 is 22.2 Å². The van der Waals surface area contributed by atoms with Crippen molar-refractivity contribution in [1.29, 1.82) is 5.26 Å². The van der Waals surface area contributed by atoms with E-state index in [-0.39, 0.29) is 5.60 Å². The van der Waals surface area contributed by atoms with E-state index in [9.17, 15) is 0 Å². The maximum Gasteiger partial charge on any atom is 0.146 e. The van der Waals surface area contributed by atoms with E-state index in [0.717, 1.165) is 35.5 Å². The lowest BCUT2D eigenvalue weighted by molar-refractivity contribution is 0.110. The van der Waals surface area contributed by atoms with Crippen molar-refractivity contribution in [3.8, 4) is 5.40 Å². The molecule has 0 N–H and O–H groups in total. The first-order valence-corrected chi connectivity index (χ1v) is 5.98. The molecule has 0 aliphatic carbocycles. The number of hydrogen-bond donors (Lipinski definition) is 0. The van der Waals surface area contributed by atoms with Crippen LogP contribution < -0.4 is 0 Å². The van der Waals surface area contributed by atoms with Gasteiger partial charge in [-0.3, -0.25) is 0 Å². The van der Waals surface area contributed by atoms with Crippen LogP contribution in [0.5, 0.6) is 0 Å². The molecule has 0 fully saturated rings. The van der Waals surface area contributed by atoms with Crippen molar-refractivity contribution in [2.45, 2.75) is 38.7 Å². The van der Waals surface area contributed by atoms with Gasteiger partial charge in [0.25, 0.3) is 0 Å². The highest BCUT2D eigenvalue weighted by Gasteiger charge is 2.13. The van der Waals surface area contributed by atoms with Gasteiger partial charge in [0.15, 0.2) is 0 Å². The summed E-state index contributed by atoms with van der Waals surface area (Å²) in [6, 6.07) is 0. The van der Waals surface area contributed by atoms with Crippen LogP contribution in [0.2, 0.25) is 0 Å². The Labute approximate surface area is 82.2 Å². The molecule has 0 bridgehead atoms. The monoisotopic (exact) mass is 203 g/mol. The summed E-state index contributed by atoms with van der Waals surface area (Å²) in [7, 11) is 0.810. The Bertz CT molecular complexity index is 156. The Kier molecular flexibility index (Phi) is 6.53. The molecule has 0 amide bonds. The zero-order valence-electron chi connectivity index (χ0n) is 8.09. The molecule has 4 heteroatoms. The number of thiocyanates is 1. The molecule has 0 rings (SSSR count). The standard InChI is InChI=1S/C8H17NOSSi/c1-8(2,10-12)5-3-4-6-11-7-9/h3-6H2,1-2,12H3. The number of hydrogen-bond acceptors (Lipinski definition) is 3. The van der Waals surface area contributed by atoms with E-state index in [2.05, 4.69) is 19.2 Å². The van der Waals surface area contributed by atoms with Gasteiger partial charge in [-0.2, -0.15) is 5.26 Å². The van der Waals surface area contributed by atoms with Crippen molar-refractivity contribution in [2.24, 2.45) is 0 Å². The Balaban J connectivity index is 3.26. The third-order valence-electron chi connectivity index (χ3n) is 1.89. The molecule has 2 nitrogen and oxygen atoms in total. The maximum absolute atomic E-state index is 8.27. The van der Waals surface area contributed by atoms with Gasteiger partial charge in [0.1, 0.15) is 15.9 Å². The summed E-state index contributed by atoms with van der Waals surface area (Å²) < 4.78 is 5.41. The summed E-state index contributed by atoms with van der Waals surface area (Å²) in [4.78, 5) is 0. The first-order chi connectivity index (χ1) is 5.62. The molecule has 0 aromatic heterocycles. The molecule has 0 aromatic carbocycles. The van der Waals surface area contributed by atoms with Gasteiger partial charge < -0.3 is 4.43 Å². The molecule has 0 radical (unpaired) electrons. The number of thioether (sulfide) groups is 1. The normalized spacial score (nSPS) is 11.4. The topological polar surface area (TPSA) is 33.0 Å². The molecule has 0 aromatic rings. The molecule has 0 atom stereocenters. The molecule has 0 aliphatic rings. The zero-order valence-corrected chi connectivity index (χ0v) is 10.9. The second kappa shape index (κ2) is 6.52. The van der Waals surface area contributed by atoms with Gasteiger partial charge in [-0.15, -0.1) is 0 Å². The molecule has 0 saturated heterocycles. The minimum absolute atomic E-state index is 0.0591. The Morgan fingerprint density at radius 3 is 2.67 bits per heavy atom. The van der Waals surface area contributed by atoms with Crippen LogP contribution in [0, 0.1) is 10.7 Å². The summed E-state index contributed by atoms with van der Waals surface area (Å²) in [5.74, 6) is 0.952. The molecular formula is C8H17NOSSi. The SMILES string of the molecule is CC(C)(CCCCSC#N)O[SiH3]. The lowest BCUT2D eigenvalue weighted by Gasteiger charge is -2.23. The number of nitriles is 1. The quantitative estimate of drug-likeness (QED) is 0.372. The third kappa shape index (κ3) is 6.71. The predicted molar refractivity (Wildman–Crippen MR) is 57.0 cm³/mol. The van der Waals surface area contributed by atoms with Crippen LogP contribution in [-0.4, -0.2) is 21.8 Å². The first kappa shape index (κ1) is 12.0. The van der Waals surface area contributed by atoms with Crippen LogP contribution in [0.3, 0.4) is 0 Å². The predicted octanol–water partition coefficient (Wildman–Crippen LogP) is 1.45. The average molecular weight is 203 g/mol. The van der Waals surface area contributed by atoms with E-state index in [4.69, 9.17) is 9.69 Å². The average Bonchev–Trinajstić information content (AvgIpc) is 2.04. The lowest BCUT2D eigenvalue weighted by atomic mass is 10.0. The fraction of sp³-hybridized carbons (Fsp3) is 0.875. The summed E-state index contributed by atoms with van der Waals surface area (Å²) in [5.41, 5.74) is 0.0591. The Morgan fingerprint density at radius 2 is 2.17 bits per heavy atom. The van der Waals surface area contributed by atoms with Gasteiger partial charge in [-0.1, -0.05) is 0 Å². The van der Waals surface area contributed by atoms with Gasteiger partial charge in [0, 0.05) is 11.4 Å². The highest BCUT2D eigenvalue weighted by molar-refractivity contribution is 8.03. The lowest BCUT2D eigenvalue weighted by Crippen LogP contribution is -2.22. The second-order valence-electron chi connectivity index (χ2n) is 3.36. The van der Waals surface area contributed by atoms with Crippen LogP contribution in [0.4, 0.5) is 0 Å². The minimum atomic E-state index is 0.0591. The van der Waals surface area contributed by atoms with Crippen molar-refractivity contribution in [3.63, 3.8) is 0 Å². The maximum atomic E-state index is 8.27. The van der Waals surface area contributed by atoms with Gasteiger partial charge in [0.2, 0.25) is 0 Å². The number of rotatable bonds is 6. The van der Waals surface area contributed by atoms with Crippen LogP contribution in [0.15, 0.2) is 0 Å². The second-order valence-corrected chi connectivity index (χ2v) is 4.65. The van der Waals surface area contributed by atoms with E-state index in [1.807, 2.05) is 0 Å². The molecule has 0 aliphatic heterocycles. The Hall–Kier alpha value is 0.0169. The van der Waals surface area contributed by atoms with Crippen LogP contribution in [-0.2, 0) is 4.43 Å². The van der Waals surface area contributed by atoms with E-state index in [1.54, 1.807) is 0 Å². The van der Waals surface area contributed by atoms with E-state index in [1.165, 1.54) is 11.8 Å². The molecule has 12 heavy (non-hydrogen) atoms. The molecule has 70 valence electrons. The third-order valence-corrected chi connectivity index (χ3v) is 3.62. The molecule has 0 heterocycles. The fourth-order valence-electron chi connectivity index (χ4n) is 0.873. The van der Waals surface area contributed by atoms with Crippen molar-refractivity contribution in [2.75, 3.05) is 5.75 Å². The van der Waals surface area contributed by atoms with Crippen LogP contribution >= 0.6 is 11.8 Å². The van der Waals surface area contributed by atoms with Crippen molar-refractivity contribution < 1.29 is 4.43 Å². The van der Waals surface area contributed by atoms with Crippen molar-refractivity contribution in [1.82, 2.24) is 0 Å². The first-order valence-electron chi connectivity index (χ1n) is 4.18. The summed E-state index contributed by atoms with van der Waals surface area (Å²) in [5, 5.41) is 10.3. The highest BCUT2D eigenvalue weighted by atomic mass is 32.2. The van der Waals surface area contributed by atoms with Gasteiger partial charge >= 0.3 is 0 Å². The van der Waals surface area contributed by atoms with E-state index in [0.29, 0.717) is 0 Å². The largest absolute Gasteiger partial charge is 0.423 e. The summed E-state index contributed by atoms with van der Waals surface area (Å²) in [6.07, 6.45) is 3.37. The highest BCUT2D eigenvalue weighted by Crippen LogP contribution is 2.17. The minimum Gasteiger partial charge on any atom is -0.423 e. The summed E-state index contributed by atoms with van der Waals surface area (Å²) in [6.45, 7) is 4.24. The van der Waals surface area contributed by atoms with E-state index >= 15 is 0 Å². The molecular weight excluding hydrogens is 186 g/mol. The summed E-state index contributed by atoms with van der Waals surface area (Å²) >= 11 is 1.34. The van der Waals surface area contributed by atoms with Crippen LogP contribution in [0.1, 0.15) is 33.1 Å². The van der Waals surface area contributed by atoms with Gasteiger partial charge in [-0.25, -0.2) is 0 Å². The smallest absolute Gasteiger partial charge is 0.146 e.